The molecule has 0 radical (unpaired) electrons. The lowest BCUT2D eigenvalue weighted by atomic mass is 9.79. The fourth-order valence-electron chi connectivity index (χ4n) is 5.26. The number of rotatable bonds is 13. The topological polar surface area (TPSA) is 169 Å². The molecule has 0 aromatic rings. The van der Waals surface area contributed by atoms with Gasteiger partial charge in [-0.15, -0.1) is 6.58 Å². The minimum absolute atomic E-state index is 0.0276. The molecule has 1 saturated carbocycles. The van der Waals surface area contributed by atoms with Crippen molar-refractivity contribution in [2.75, 3.05) is 26.4 Å². The summed E-state index contributed by atoms with van der Waals surface area (Å²) < 4.78 is 12.3. The highest BCUT2D eigenvalue weighted by molar-refractivity contribution is 5.95. The molecular formula is C25H39N5O6. The van der Waals surface area contributed by atoms with Crippen LogP contribution in [0.15, 0.2) is 34.0 Å². The largest absolute Gasteiger partial charge is 0.470 e. The molecule has 36 heavy (non-hydrogen) atoms. The van der Waals surface area contributed by atoms with E-state index in [2.05, 4.69) is 21.9 Å². The number of aliphatic hydroxyl groups is 3. The van der Waals surface area contributed by atoms with Gasteiger partial charge in [0.15, 0.2) is 17.5 Å². The summed E-state index contributed by atoms with van der Waals surface area (Å²) in [5.74, 6) is 0.126. The molecule has 1 fully saturated rings. The van der Waals surface area contributed by atoms with Crippen LogP contribution in [0.4, 0.5) is 0 Å². The molecule has 1 unspecified atom stereocenters. The molecule has 200 valence electrons. The van der Waals surface area contributed by atoms with E-state index >= 15 is 0 Å². The van der Waals surface area contributed by atoms with E-state index in [1.54, 1.807) is 6.08 Å². The SMILES string of the molecule is C=CC[C@@]1(C(=O)NCC(O)CO)N=C(C2CCC(OCCCO)CC2)O[C@@H]1C1=C(N=[N+]=[N-])CCCC1. The van der Waals surface area contributed by atoms with Gasteiger partial charge in [-0.25, -0.2) is 4.99 Å². The van der Waals surface area contributed by atoms with E-state index in [1.165, 1.54) is 0 Å². The molecule has 0 spiro atoms. The van der Waals surface area contributed by atoms with Gasteiger partial charge in [0.25, 0.3) is 5.91 Å². The molecule has 3 atom stereocenters. The van der Waals surface area contributed by atoms with Crippen LogP contribution < -0.4 is 5.32 Å². The van der Waals surface area contributed by atoms with Gasteiger partial charge >= 0.3 is 0 Å². The van der Waals surface area contributed by atoms with Crippen LogP contribution in [-0.4, -0.2) is 77.3 Å². The summed E-state index contributed by atoms with van der Waals surface area (Å²) >= 11 is 0. The van der Waals surface area contributed by atoms with Gasteiger partial charge in [0.2, 0.25) is 0 Å². The van der Waals surface area contributed by atoms with E-state index in [9.17, 15) is 15.0 Å². The molecule has 4 N–H and O–H groups in total. The Morgan fingerprint density at radius 1 is 1.33 bits per heavy atom. The monoisotopic (exact) mass is 505 g/mol. The van der Waals surface area contributed by atoms with Gasteiger partial charge in [-0.05, 0) is 68.9 Å². The second-order valence-electron chi connectivity index (χ2n) is 9.70. The summed E-state index contributed by atoms with van der Waals surface area (Å²) in [5.41, 5.74) is 9.18. The van der Waals surface area contributed by atoms with Crippen LogP contribution >= 0.6 is 0 Å². The third-order valence-electron chi connectivity index (χ3n) is 7.18. The molecule has 0 aromatic heterocycles. The summed E-state index contributed by atoms with van der Waals surface area (Å²) in [6.07, 6.45) is 7.04. The van der Waals surface area contributed by atoms with Crippen LogP contribution in [0.2, 0.25) is 0 Å². The number of allylic oxidation sites excluding steroid dienone is 1. The average Bonchev–Trinajstić information content (AvgIpc) is 3.28. The number of aliphatic imine (C=N–C) groups is 1. The Morgan fingerprint density at radius 2 is 2.08 bits per heavy atom. The van der Waals surface area contributed by atoms with Crippen LogP contribution in [0.1, 0.15) is 64.2 Å². The van der Waals surface area contributed by atoms with Crippen molar-refractivity contribution >= 4 is 11.8 Å². The molecule has 0 aromatic carbocycles. The first-order valence-electron chi connectivity index (χ1n) is 12.9. The number of aliphatic hydroxyl groups excluding tert-OH is 3. The maximum atomic E-state index is 13.6. The van der Waals surface area contributed by atoms with Gasteiger partial charge < -0.3 is 30.1 Å². The number of amides is 1. The maximum Gasteiger partial charge on any atom is 0.252 e. The van der Waals surface area contributed by atoms with Crippen LogP contribution in [0, 0.1) is 5.92 Å². The molecule has 3 aliphatic rings. The van der Waals surface area contributed by atoms with E-state index in [-0.39, 0.29) is 31.6 Å². The van der Waals surface area contributed by atoms with Gasteiger partial charge in [-0.1, -0.05) is 11.2 Å². The number of nitrogens with zero attached hydrogens (tertiary/aromatic N) is 4. The van der Waals surface area contributed by atoms with Gasteiger partial charge in [0.1, 0.15) is 0 Å². The number of ether oxygens (including phenoxy) is 2. The van der Waals surface area contributed by atoms with Crippen LogP contribution in [-0.2, 0) is 14.3 Å². The van der Waals surface area contributed by atoms with Crippen LogP contribution in [0.3, 0.4) is 0 Å². The quantitative estimate of drug-likeness (QED) is 0.0986. The molecule has 2 aliphatic carbocycles. The number of hydrogen-bond acceptors (Lipinski definition) is 8. The zero-order chi connectivity index (χ0) is 26.0. The molecular weight excluding hydrogens is 466 g/mol. The highest BCUT2D eigenvalue weighted by Crippen LogP contribution is 2.43. The van der Waals surface area contributed by atoms with Crippen molar-refractivity contribution in [3.05, 3.63) is 34.4 Å². The fourth-order valence-corrected chi connectivity index (χ4v) is 5.26. The van der Waals surface area contributed by atoms with Crippen molar-refractivity contribution in [1.29, 1.82) is 0 Å². The van der Waals surface area contributed by atoms with E-state index < -0.39 is 30.3 Å². The van der Waals surface area contributed by atoms with E-state index in [0.717, 1.165) is 44.1 Å². The predicted molar refractivity (Wildman–Crippen MR) is 134 cm³/mol. The molecule has 1 heterocycles. The zero-order valence-corrected chi connectivity index (χ0v) is 20.8. The minimum atomic E-state index is -1.34. The van der Waals surface area contributed by atoms with Crippen molar-refractivity contribution in [3.63, 3.8) is 0 Å². The zero-order valence-electron chi connectivity index (χ0n) is 20.8. The second kappa shape index (κ2) is 13.8. The lowest BCUT2D eigenvalue weighted by Gasteiger charge is -2.34. The highest BCUT2D eigenvalue weighted by Gasteiger charge is 2.54. The Balaban J connectivity index is 1.89. The van der Waals surface area contributed by atoms with Crippen LogP contribution in [0.25, 0.3) is 10.4 Å². The molecule has 1 amide bonds. The molecule has 11 heteroatoms. The van der Waals surface area contributed by atoms with Crippen LogP contribution in [0.5, 0.6) is 0 Å². The highest BCUT2D eigenvalue weighted by atomic mass is 16.5. The van der Waals surface area contributed by atoms with Crippen molar-refractivity contribution in [2.24, 2.45) is 16.0 Å². The first-order valence-corrected chi connectivity index (χ1v) is 12.9. The third kappa shape index (κ3) is 6.66. The Hall–Kier alpha value is -2.43. The van der Waals surface area contributed by atoms with E-state index in [1.807, 2.05) is 0 Å². The van der Waals surface area contributed by atoms with Crippen molar-refractivity contribution in [1.82, 2.24) is 5.32 Å². The fraction of sp³-hybridized carbons (Fsp3) is 0.760. The normalized spacial score (nSPS) is 29.1. The Morgan fingerprint density at radius 3 is 2.75 bits per heavy atom. The molecule has 0 bridgehead atoms. The summed E-state index contributed by atoms with van der Waals surface area (Å²) in [5, 5.41) is 34.6. The first-order chi connectivity index (χ1) is 17.5. The van der Waals surface area contributed by atoms with Gasteiger partial charge in [0.05, 0.1) is 18.8 Å². The summed E-state index contributed by atoms with van der Waals surface area (Å²) in [7, 11) is 0. The van der Waals surface area contributed by atoms with Crippen molar-refractivity contribution in [3.8, 4) is 0 Å². The first kappa shape index (κ1) is 28.1. The average molecular weight is 506 g/mol. The number of hydrogen-bond donors (Lipinski definition) is 4. The standard InChI is InChI=1S/C25H39N5O6/c1-2-12-25(24(34)27-15-18(33)16-32)22(20-6-3-4-7-21(20)29-30-26)36-23(28-25)17-8-10-19(11-9-17)35-14-5-13-31/h2,17-19,22,31-33H,1,3-16H2,(H,27,34)/t17?,18?,19?,22-,25-/m1/s1. The third-order valence-corrected chi connectivity index (χ3v) is 7.18. The summed E-state index contributed by atoms with van der Waals surface area (Å²) in [6.45, 7) is 3.90. The van der Waals surface area contributed by atoms with Crippen molar-refractivity contribution < 1.29 is 29.6 Å². The number of carbonyl (C=O) groups excluding carboxylic acids is 1. The Labute approximate surface area is 211 Å². The summed E-state index contributed by atoms with van der Waals surface area (Å²) in [6, 6.07) is 0. The van der Waals surface area contributed by atoms with Gasteiger partial charge in [-0.3, -0.25) is 4.79 Å². The van der Waals surface area contributed by atoms with Gasteiger partial charge in [-0.2, -0.15) is 0 Å². The smallest absolute Gasteiger partial charge is 0.252 e. The summed E-state index contributed by atoms with van der Waals surface area (Å²) in [4.78, 5) is 21.5. The Kier molecular flexibility index (Phi) is 10.8. The maximum absolute atomic E-state index is 13.6. The minimum Gasteiger partial charge on any atom is -0.470 e. The predicted octanol–water partition coefficient (Wildman–Crippen LogP) is 2.66. The number of carbonyl (C=O) groups is 1. The molecule has 1 aliphatic heterocycles. The van der Waals surface area contributed by atoms with Gasteiger partial charge in [0, 0.05) is 42.7 Å². The lowest BCUT2D eigenvalue weighted by Crippen LogP contribution is -2.54. The molecule has 11 nitrogen and oxygen atoms in total. The number of nitrogens with one attached hydrogen (secondary N) is 1. The molecule has 0 saturated heterocycles. The molecule has 3 rings (SSSR count). The Bertz CT molecular complexity index is 878. The second-order valence-corrected chi connectivity index (χ2v) is 9.70. The van der Waals surface area contributed by atoms with E-state index in [0.29, 0.717) is 37.5 Å². The lowest BCUT2D eigenvalue weighted by molar-refractivity contribution is -0.128. The van der Waals surface area contributed by atoms with Crippen molar-refractivity contribution in [2.45, 2.75) is 88.1 Å². The number of azide groups is 1. The van der Waals surface area contributed by atoms with E-state index in [4.69, 9.17) is 25.1 Å².